The van der Waals surface area contributed by atoms with E-state index < -0.39 is 15.8 Å². The van der Waals surface area contributed by atoms with Gasteiger partial charge >= 0.3 is 5.97 Å². The van der Waals surface area contributed by atoms with Gasteiger partial charge in [-0.25, -0.2) is 8.42 Å². The van der Waals surface area contributed by atoms with E-state index >= 15 is 0 Å². The Morgan fingerprint density at radius 2 is 1.83 bits per heavy atom. The van der Waals surface area contributed by atoms with Crippen molar-refractivity contribution >= 4 is 37.6 Å². The number of aryl methyl sites for hydroxylation is 1. The summed E-state index contributed by atoms with van der Waals surface area (Å²) in [5.41, 5.74) is 1.81. The Labute approximate surface area is 165 Å². The molecule has 0 aliphatic heterocycles. The van der Waals surface area contributed by atoms with Gasteiger partial charge in [0.05, 0.1) is 10.6 Å². The summed E-state index contributed by atoms with van der Waals surface area (Å²) >= 11 is 0. The first-order valence-electron chi connectivity index (χ1n) is 8.99. The molecule has 0 radical (unpaired) electrons. The smallest absolute Gasteiger partial charge is 0.303 e. The van der Waals surface area contributed by atoms with Crippen LogP contribution < -0.4 is 5.56 Å². The molecule has 0 atom stereocenters. The minimum atomic E-state index is -3.60. The van der Waals surface area contributed by atoms with Crippen molar-refractivity contribution in [3.8, 4) is 0 Å². The molecule has 0 bridgehead atoms. The van der Waals surface area contributed by atoms with Gasteiger partial charge in [-0.2, -0.15) is 0 Å². The minimum Gasteiger partial charge on any atom is -0.481 e. The summed E-state index contributed by atoms with van der Waals surface area (Å²) in [4.78, 5) is 29.1. The number of sulfone groups is 1. The van der Waals surface area contributed by atoms with Gasteiger partial charge in [-0.15, -0.1) is 0 Å². The van der Waals surface area contributed by atoms with Gasteiger partial charge in [-0.1, -0.05) is 30.3 Å². The summed E-state index contributed by atoms with van der Waals surface area (Å²) in [6.07, 6.45) is 1.75. The van der Waals surface area contributed by atoms with Crippen molar-refractivity contribution in [2.75, 3.05) is 0 Å². The first-order valence-corrected chi connectivity index (χ1v) is 10.6. The summed E-state index contributed by atoms with van der Waals surface area (Å²) in [6, 6.07) is 13.5. The molecule has 4 rings (SSSR count). The first-order chi connectivity index (χ1) is 13.8. The van der Waals surface area contributed by atoms with Crippen molar-refractivity contribution < 1.29 is 18.3 Å². The Morgan fingerprint density at radius 1 is 1.07 bits per heavy atom. The van der Waals surface area contributed by atoms with Crippen LogP contribution in [0.1, 0.15) is 17.5 Å². The van der Waals surface area contributed by atoms with Crippen LogP contribution >= 0.6 is 0 Å². The van der Waals surface area contributed by atoms with Crippen molar-refractivity contribution in [2.45, 2.75) is 23.5 Å². The molecule has 0 aliphatic carbocycles. The molecule has 0 amide bonds. The standard InChI is InChI=1S/C21H18N2O5S/c24-18(25)9-6-14-11-22-20-19(14)16-10-15(7-8-17(16)23-21(20)26)29(27,28)12-13-4-2-1-3-5-13/h1-5,7-8,10-11,22H,6,9,12H2,(H,23,26)(H,24,25). The number of aromatic amines is 2. The normalized spacial score (nSPS) is 11.9. The summed E-state index contributed by atoms with van der Waals surface area (Å²) in [5, 5.41) is 10.1. The van der Waals surface area contributed by atoms with Gasteiger partial charge in [0.2, 0.25) is 0 Å². The van der Waals surface area contributed by atoms with Gasteiger partial charge in [0.1, 0.15) is 5.52 Å². The second-order valence-corrected chi connectivity index (χ2v) is 8.85. The topological polar surface area (TPSA) is 120 Å². The molecule has 2 aromatic heterocycles. The average Bonchev–Trinajstić information content (AvgIpc) is 3.11. The predicted molar refractivity (Wildman–Crippen MR) is 110 cm³/mol. The lowest BCUT2D eigenvalue weighted by atomic mass is 10.0. The third-order valence-electron chi connectivity index (χ3n) is 4.86. The zero-order valence-electron chi connectivity index (χ0n) is 15.3. The molecule has 3 N–H and O–H groups in total. The fourth-order valence-electron chi connectivity index (χ4n) is 3.48. The van der Waals surface area contributed by atoms with Gasteiger partial charge in [0.15, 0.2) is 9.84 Å². The average molecular weight is 410 g/mol. The number of aromatic nitrogens is 2. The van der Waals surface area contributed by atoms with Crippen LogP contribution in [0.2, 0.25) is 0 Å². The third-order valence-corrected chi connectivity index (χ3v) is 6.55. The van der Waals surface area contributed by atoms with Crippen LogP contribution in [0.25, 0.3) is 21.8 Å². The van der Waals surface area contributed by atoms with Crippen LogP contribution in [-0.4, -0.2) is 29.5 Å². The van der Waals surface area contributed by atoms with Crippen molar-refractivity contribution in [2.24, 2.45) is 0 Å². The number of carbonyl (C=O) groups is 1. The Balaban J connectivity index is 1.87. The van der Waals surface area contributed by atoms with Crippen molar-refractivity contribution in [1.82, 2.24) is 9.97 Å². The van der Waals surface area contributed by atoms with Crippen LogP contribution in [-0.2, 0) is 26.8 Å². The molecule has 0 aliphatic rings. The highest BCUT2D eigenvalue weighted by molar-refractivity contribution is 7.90. The number of hydrogen-bond acceptors (Lipinski definition) is 4. The molecule has 0 fully saturated rings. The number of aliphatic carboxylic acids is 1. The van der Waals surface area contributed by atoms with Gasteiger partial charge in [-0.05, 0) is 35.7 Å². The largest absolute Gasteiger partial charge is 0.481 e. The lowest BCUT2D eigenvalue weighted by Crippen LogP contribution is -2.08. The number of hydrogen-bond donors (Lipinski definition) is 3. The highest BCUT2D eigenvalue weighted by Gasteiger charge is 2.19. The lowest BCUT2D eigenvalue weighted by Gasteiger charge is -2.08. The van der Waals surface area contributed by atoms with Gasteiger partial charge in [0, 0.05) is 28.9 Å². The number of fused-ring (bicyclic) bond motifs is 3. The first kappa shape index (κ1) is 18.9. The summed E-state index contributed by atoms with van der Waals surface area (Å²) in [6.45, 7) is 0. The molecule has 0 spiro atoms. The Hall–Kier alpha value is -3.39. The fraction of sp³-hybridized carbons (Fsp3) is 0.143. The summed E-state index contributed by atoms with van der Waals surface area (Å²) in [7, 11) is -3.60. The zero-order chi connectivity index (χ0) is 20.6. The number of carboxylic acid groups (broad SMARTS) is 1. The molecule has 0 saturated carbocycles. The van der Waals surface area contributed by atoms with Crippen LogP contribution in [0.3, 0.4) is 0 Å². The monoisotopic (exact) mass is 410 g/mol. The van der Waals surface area contributed by atoms with Gasteiger partial charge in [-0.3, -0.25) is 9.59 Å². The molecular weight excluding hydrogens is 392 g/mol. The Kier molecular flexibility index (Phi) is 4.71. The van der Waals surface area contributed by atoms with E-state index in [4.69, 9.17) is 5.11 Å². The number of rotatable bonds is 6. The van der Waals surface area contributed by atoms with E-state index in [1.807, 2.05) is 6.07 Å². The SMILES string of the molecule is O=C(O)CCc1c[nH]c2c(=O)[nH]c3ccc(S(=O)(=O)Cc4ccccc4)cc3c12. The van der Waals surface area contributed by atoms with Crippen molar-refractivity contribution in [3.63, 3.8) is 0 Å². The van der Waals surface area contributed by atoms with Crippen molar-refractivity contribution in [3.05, 3.63) is 76.2 Å². The highest BCUT2D eigenvalue weighted by Crippen LogP contribution is 2.28. The fourth-order valence-corrected chi connectivity index (χ4v) is 4.85. The zero-order valence-corrected chi connectivity index (χ0v) is 16.1. The molecule has 0 unspecified atom stereocenters. The molecule has 2 aromatic carbocycles. The van der Waals surface area contributed by atoms with E-state index in [9.17, 15) is 18.0 Å². The van der Waals surface area contributed by atoms with Crippen LogP contribution in [0.5, 0.6) is 0 Å². The van der Waals surface area contributed by atoms with E-state index in [1.54, 1.807) is 42.6 Å². The molecular formula is C21H18N2O5S. The van der Waals surface area contributed by atoms with Crippen LogP contribution in [0.15, 0.2) is 64.4 Å². The third kappa shape index (κ3) is 3.66. The number of carboxylic acids is 1. The maximum absolute atomic E-state index is 12.9. The maximum atomic E-state index is 12.9. The van der Waals surface area contributed by atoms with Crippen LogP contribution in [0.4, 0.5) is 0 Å². The van der Waals surface area contributed by atoms with E-state index in [-0.39, 0.29) is 29.0 Å². The number of benzene rings is 2. The van der Waals surface area contributed by atoms with E-state index in [0.29, 0.717) is 32.9 Å². The highest BCUT2D eigenvalue weighted by atomic mass is 32.2. The molecule has 148 valence electrons. The van der Waals surface area contributed by atoms with Gasteiger partial charge in [0.25, 0.3) is 5.56 Å². The second-order valence-electron chi connectivity index (χ2n) is 6.86. The maximum Gasteiger partial charge on any atom is 0.303 e. The number of H-pyrrole nitrogens is 2. The second kappa shape index (κ2) is 7.21. The summed E-state index contributed by atoms with van der Waals surface area (Å²) < 4.78 is 25.9. The number of nitrogens with one attached hydrogen (secondary N) is 2. The van der Waals surface area contributed by atoms with Gasteiger partial charge < -0.3 is 15.1 Å². The molecule has 7 nitrogen and oxygen atoms in total. The minimum absolute atomic E-state index is 0.0900. The quantitative estimate of drug-likeness (QED) is 0.451. The van der Waals surface area contributed by atoms with E-state index in [0.717, 1.165) is 0 Å². The summed E-state index contributed by atoms with van der Waals surface area (Å²) in [5.74, 6) is -1.08. The molecule has 0 saturated heterocycles. The van der Waals surface area contributed by atoms with Crippen LogP contribution in [0, 0.1) is 0 Å². The molecule has 8 heteroatoms. The Morgan fingerprint density at radius 3 is 2.55 bits per heavy atom. The molecule has 29 heavy (non-hydrogen) atoms. The lowest BCUT2D eigenvalue weighted by molar-refractivity contribution is -0.136. The molecule has 2 heterocycles. The predicted octanol–water partition coefficient (Wildman–Crippen LogP) is 3.00. The van der Waals surface area contributed by atoms with Crippen molar-refractivity contribution in [1.29, 1.82) is 0 Å². The Bertz CT molecular complexity index is 1390. The van der Waals surface area contributed by atoms with E-state index in [2.05, 4.69) is 9.97 Å². The molecule has 4 aromatic rings. The number of pyridine rings is 1. The van der Waals surface area contributed by atoms with E-state index in [1.165, 1.54) is 6.07 Å².